The van der Waals surface area contributed by atoms with Crippen LogP contribution in [0.25, 0.3) is 0 Å². The number of hydrogen-bond donors (Lipinski definition) is 6. The number of Topliss-reactive ketones (excluding diaryl/α,β-unsaturated/α-hetero) is 1. The summed E-state index contributed by atoms with van der Waals surface area (Å²) < 4.78 is 0. The smallest absolute Gasteiger partial charge is 0.252 e. The molecule has 0 aromatic heterocycles. The maximum atomic E-state index is 15.3. The Bertz CT molecular complexity index is 1840. The summed E-state index contributed by atoms with van der Waals surface area (Å²) in [7, 11) is 1.69. The number of nitrogens with two attached hydrogens (primary N) is 3. The molecule has 330 valence electrons. The third-order valence-corrected chi connectivity index (χ3v) is 12.4. The van der Waals surface area contributed by atoms with E-state index in [1.165, 1.54) is 4.90 Å². The average molecular weight is 838 g/mol. The van der Waals surface area contributed by atoms with Crippen LogP contribution in [0.1, 0.15) is 87.3 Å². The molecule has 1 saturated carbocycles. The Morgan fingerprint density at radius 1 is 0.754 bits per heavy atom. The predicted octanol–water partition coefficient (Wildman–Crippen LogP) is 3.19. The van der Waals surface area contributed by atoms with E-state index in [0.29, 0.717) is 44.2 Å². The summed E-state index contributed by atoms with van der Waals surface area (Å²) in [5.74, 6) is -2.87. The molecule has 1 aliphatic heterocycles. The Hall–Kier alpha value is -4.79. The normalized spacial score (nSPS) is 18.6. The monoisotopic (exact) mass is 838 g/mol. The van der Waals surface area contributed by atoms with Crippen molar-refractivity contribution in [3.8, 4) is 0 Å². The molecule has 5 rings (SSSR count). The average Bonchev–Trinajstić information content (AvgIpc) is 3.78. The zero-order valence-corrected chi connectivity index (χ0v) is 35.7. The Kier molecular flexibility index (Phi) is 18.6. The van der Waals surface area contributed by atoms with Crippen molar-refractivity contribution in [3.05, 3.63) is 108 Å². The number of amides is 4. The zero-order valence-electron chi connectivity index (χ0n) is 35.7. The molecule has 61 heavy (non-hydrogen) atoms. The van der Waals surface area contributed by atoms with E-state index in [-0.39, 0.29) is 44.1 Å². The molecule has 0 radical (unpaired) electrons. The summed E-state index contributed by atoms with van der Waals surface area (Å²) >= 11 is 0. The number of carbonyl (C=O) groups is 5. The number of ketones is 1. The molecular weight excluding hydrogens is 771 g/mol. The lowest BCUT2D eigenvalue weighted by molar-refractivity contribution is -0.159. The first-order valence-electron chi connectivity index (χ1n) is 22.2. The number of benzene rings is 3. The molecular formula is C48H67N7O6. The predicted molar refractivity (Wildman–Crippen MR) is 237 cm³/mol. The summed E-state index contributed by atoms with van der Waals surface area (Å²) in [6, 6.07) is 21.5. The van der Waals surface area contributed by atoms with E-state index in [4.69, 9.17) is 17.2 Å². The van der Waals surface area contributed by atoms with Gasteiger partial charge in [-0.05, 0) is 87.6 Å². The molecule has 0 bridgehead atoms. The lowest BCUT2D eigenvalue weighted by atomic mass is 9.84. The van der Waals surface area contributed by atoms with Crippen LogP contribution in [-0.2, 0) is 43.2 Å². The molecule has 2 fully saturated rings. The van der Waals surface area contributed by atoms with Crippen LogP contribution in [0.3, 0.4) is 0 Å². The fraction of sp³-hybridized carbons (Fsp3) is 0.521. The molecule has 1 unspecified atom stereocenters. The van der Waals surface area contributed by atoms with Gasteiger partial charge >= 0.3 is 0 Å². The van der Waals surface area contributed by atoms with E-state index in [1.54, 1.807) is 31.3 Å². The summed E-state index contributed by atoms with van der Waals surface area (Å²) in [5, 5.41) is 17.7. The highest BCUT2D eigenvalue weighted by atomic mass is 16.3. The lowest BCUT2D eigenvalue weighted by Crippen LogP contribution is -2.63. The van der Waals surface area contributed by atoms with Crippen molar-refractivity contribution in [1.29, 1.82) is 0 Å². The molecule has 1 heterocycles. The van der Waals surface area contributed by atoms with E-state index in [9.17, 15) is 24.3 Å². The molecule has 13 nitrogen and oxygen atoms in total. The lowest BCUT2D eigenvalue weighted by Gasteiger charge is -2.37. The fourth-order valence-electron chi connectivity index (χ4n) is 8.89. The molecule has 9 N–H and O–H groups in total. The SMILES string of the molecule is CN[C@@H](Cc1ccccc1)C(=O)N[C@@H](CCCCN)C(=O)N1CCC[C@H]1C(=O)N(C(=O)[C@H](N)CC1CCCCC1)[C@@H](Cc1ccccc1)C(=O)[C@H](O)C(N)Cc1ccccc1. The minimum Gasteiger partial charge on any atom is -0.384 e. The Morgan fingerprint density at radius 3 is 1.90 bits per heavy atom. The van der Waals surface area contributed by atoms with Gasteiger partial charge in [0.1, 0.15) is 24.2 Å². The van der Waals surface area contributed by atoms with E-state index < -0.39 is 65.9 Å². The summed E-state index contributed by atoms with van der Waals surface area (Å²) in [6.45, 7) is 0.610. The minimum absolute atomic E-state index is 0.0896. The third kappa shape index (κ3) is 13.3. The van der Waals surface area contributed by atoms with Gasteiger partial charge in [-0.2, -0.15) is 0 Å². The standard InChI is InChI=1S/C48H67N7O6/c1-52-40(31-35-21-10-4-11-22-35)45(58)53-39(25-14-15-27-49)47(60)54-28-16-26-41(54)48(61)55(46(59)38(51)30-34-19-8-3-9-20-34)42(32-36-23-12-5-13-24-36)44(57)43(56)37(50)29-33-17-6-2-7-18-33/h2,4-7,10-13,17-18,21-24,34,37-43,52,56H,3,8-9,14-16,19-20,25-32,49-51H2,1H3,(H,53,58)/t37?,38-,39+,40+,41+,42+,43-/m1/s1. The van der Waals surface area contributed by atoms with Crippen LogP contribution in [0.2, 0.25) is 0 Å². The minimum atomic E-state index is -1.73. The molecule has 1 aliphatic carbocycles. The van der Waals surface area contributed by atoms with Gasteiger partial charge in [0.25, 0.3) is 5.91 Å². The van der Waals surface area contributed by atoms with Gasteiger partial charge in [-0.1, -0.05) is 123 Å². The number of hydrogen-bond acceptors (Lipinski definition) is 10. The van der Waals surface area contributed by atoms with Gasteiger partial charge in [0, 0.05) is 19.0 Å². The number of carbonyl (C=O) groups excluding carboxylic acids is 5. The van der Waals surface area contributed by atoms with E-state index in [2.05, 4.69) is 10.6 Å². The first kappa shape index (κ1) is 47.3. The molecule has 3 aromatic carbocycles. The second kappa shape index (κ2) is 24.0. The van der Waals surface area contributed by atoms with Crippen LogP contribution in [0.5, 0.6) is 0 Å². The number of aliphatic hydroxyl groups excluding tert-OH is 1. The molecule has 13 heteroatoms. The third-order valence-electron chi connectivity index (χ3n) is 12.4. The van der Waals surface area contributed by atoms with Crippen LogP contribution < -0.4 is 27.8 Å². The van der Waals surface area contributed by atoms with Crippen LogP contribution in [0.15, 0.2) is 91.0 Å². The largest absolute Gasteiger partial charge is 0.384 e. The molecule has 1 saturated heterocycles. The topological polar surface area (TPSA) is 214 Å². The first-order valence-corrected chi connectivity index (χ1v) is 22.2. The van der Waals surface area contributed by atoms with Gasteiger partial charge < -0.3 is 37.8 Å². The molecule has 0 spiro atoms. The molecule has 7 atom stereocenters. The Balaban J connectivity index is 1.47. The highest BCUT2D eigenvalue weighted by molar-refractivity contribution is 6.06. The van der Waals surface area contributed by atoms with Crippen molar-refractivity contribution in [2.45, 2.75) is 132 Å². The van der Waals surface area contributed by atoms with Crippen LogP contribution in [0.4, 0.5) is 0 Å². The summed E-state index contributed by atoms with van der Waals surface area (Å²) in [6.07, 6.45) is 6.23. The number of nitrogens with one attached hydrogen (secondary N) is 2. The molecule has 3 aromatic rings. The number of likely N-dealkylation sites (N-methyl/N-ethyl adjacent to an activating group) is 1. The van der Waals surface area contributed by atoms with E-state index in [0.717, 1.165) is 48.1 Å². The van der Waals surface area contributed by atoms with Gasteiger partial charge in [0.2, 0.25) is 17.7 Å². The fourth-order valence-corrected chi connectivity index (χ4v) is 8.89. The van der Waals surface area contributed by atoms with Gasteiger partial charge in [-0.25, -0.2) is 0 Å². The van der Waals surface area contributed by atoms with Crippen LogP contribution in [0, 0.1) is 5.92 Å². The Labute approximate surface area is 361 Å². The van der Waals surface area contributed by atoms with Crippen molar-refractivity contribution in [2.24, 2.45) is 23.1 Å². The molecule has 4 amide bonds. The zero-order chi connectivity index (χ0) is 43.7. The van der Waals surface area contributed by atoms with Crippen molar-refractivity contribution in [1.82, 2.24) is 20.4 Å². The molecule has 2 aliphatic rings. The number of aliphatic hydroxyl groups is 1. The summed E-state index contributed by atoms with van der Waals surface area (Å²) in [5.41, 5.74) is 21.5. The number of unbranched alkanes of at least 4 members (excludes halogenated alkanes) is 1. The number of likely N-dealkylation sites (tertiary alicyclic amines) is 1. The number of imide groups is 1. The Morgan fingerprint density at radius 2 is 1.33 bits per heavy atom. The second-order valence-electron chi connectivity index (χ2n) is 16.9. The maximum absolute atomic E-state index is 15.3. The van der Waals surface area contributed by atoms with Gasteiger partial charge in [0.15, 0.2) is 5.78 Å². The summed E-state index contributed by atoms with van der Waals surface area (Å²) in [4.78, 5) is 75.7. The first-order chi connectivity index (χ1) is 29.5. The highest BCUT2D eigenvalue weighted by Gasteiger charge is 2.47. The van der Waals surface area contributed by atoms with E-state index >= 15 is 4.79 Å². The highest BCUT2D eigenvalue weighted by Crippen LogP contribution is 2.29. The number of rotatable bonds is 22. The van der Waals surface area contributed by atoms with E-state index in [1.807, 2.05) is 66.7 Å². The van der Waals surface area contributed by atoms with Crippen molar-refractivity contribution < 1.29 is 29.1 Å². The second-order valence-corrected chi connectivity index (χ2v) is 16.9. The van der Waals surface area contributed by atoms with Crippen molar-refractivity contribution >= 4 is 29.4 Å². The van der Waals surface area contributed by atoms with Crippen molar-refractivity contribution in [2.75, 3.05) is 20.1 Å². The van der Waals surface area contributed by atoms with Gasteiger partial charge in [0.05, 0.1) is 12.1 Å². The van der Waals surface area contributed by atoms with Crippen molar-refractivity contribution in [3.63, 3.8) is 0 Å². The van der Waals surface area contributed by atoms with Gasteiger partial charge in [-0.3, -0.25) is 28.9 Å². The van der Waals surface area contributed by atoms with Gasteiger partial charge in [-0.15, -0.1) is 0 Å². The van der Waals surface area contributed by atoms with Crippen LogP contribution >= 0.6 is 0 Å². The van der Waals surface area contributed by atoms with Crippen LogP contribution in [-0.4, -0.2) is 107 Å². The quantitative estimate of drug-likeness (QED) is 0.0814. The number of nitrogens with zero attached hydrogens (tertiary/aromatic N) is 2. The maximum Gasteiger partial charge on any atom is 0.252 e.